The van der Waals surface area contributed by atoms with Gasteiger partial charge in [-0.2, -0.15) is 5.26 Å². The summed E-state index contributed by atoms with van der Waals surface area (Å²) in [6.45, 7) is 0. The minimum atomic E-state index is -3.50. The highest BCUT2D eigenvalue weighted by Gasteiger charge is 2.34. The minimum absolute atomic E-state index is 0.0130. The van der Waals surface area contributed by atoms with Crippen molar-refractivity contribution in [3.8, 4) is 6.07 Å². The zero-order valence-electron chi connectivity index (χ0n) is 6.90. The molecule has 0 amide bonds. The van der Waals surface area contributed by atoms with E-state index in [0.717, 1.165) is 12.1 Å². The van der Waals surface area contributed by atoms with Gasteiger partial charge in [0.25, 0.3) is 5.92 Å². The average molecular weight is 220 g/mol. The molecule has 0 unspecified atom stereocenters. The van der Waals surface area contributed by atoms with E-state index in [1.165, 1.54) is 12.1 Å². The van der Waals surface area contributed by atoms with Crippen molar-refractivity contribution < 1.29 is 13.2 Å². The summed E-state index contributed by atoms with van der Waals surface area (Å²) in [6.07, 6.45) is -1.07. The first-order valence-corrected chi connectivity index (χ1v) is 4.05. The Morgan fingerprint density at radius 1 is 1.43 bits per heavy atom. The topological polar surface area (TPSA) is 23.8 Å². The van der Waals surface area contributed by atoms with Crippen LogP contribution < -0.4 is 0 Å². The third-order valence-corrected chi connectivity index (χ3v) is 1.86. The van der Waals surface area contributed by atoms with Crippen molar-refractivity contribution in [3.63, 3.8) is 0 Å². The molecule has 1 aromatic carbocycles. The second kappa shape index (κ2) is 3.89. The molecule has 0 saturated carbocycles. The van der Waals surface area contributed by atoms with E-state index in [0.29, 0.717) is 0 Å². The molecule has 0 spiro atoms. The molecule has 0 aliphatic heterocycles. The highest BCUT2D eigenvalue weighted by molar-refractivity contribution is 6.30. The van der Waals surface area contributed by atoms with Gasteiger partial charge in [-0.15, -0.1) is 0 Å². The van der Waals surface area contributed by atoms with Crippen molar-refractivity contribution in [2.75, 3.05) is 0 Å². The molecular formula is C9H5ClF3N. The van der Waals surface area contributed by atoms with Crippen molar-refractivity contribution >= 4 is 11.6 Å². The van der Waals surface area contributed by atoms with Gasteiger partial charge in [0.2, 0.25) is 0 Å². The molecule has 5 heteroatoms. The second-order valence-corrected chi connectivity index (χ2v) is 3.10. The summed E-state index contributed by atoms with van der Waals surface area (Å²) in [6, 6.07) is 4.14. The number of hydrogen-bond acceptors (Lipinski definition) is 1. The van der Waals surface area contributed by atoms with Crippen LogP contribution in [-0.4, -0.2) is 0 Å². The number of benzene rings is 1. The van der Waals surface area contributed by atoms with E-state index in [1.807, 2.05) is 0 Å². The molecule has 1 nitrogen and oxygen atoms in total. The second-order valence-electron chi connectivity index (χ2n) is 2.66. The number of nitrogens with zero attached hydrogens (tertiary/aromatic N) is 1. The molecule has 0 aliphatic carbocycles. The summed E-state index contributed by atoms with van der Waals surface area (Å²) in [7, 11) is 0. The van der Waals surface area contributed by atoms with E-state index in [1.54, 1.807) is 0 Å². The van der Waals surface area contributed by atoms with Gasteiger partial charge in [-0.3, -0.25) is 0 Å². The summed E-state index contributed by atoms with van der Waals surface area (Å²) in [5.74, 6) is -4.56. The largest absolute Gasteiger partial charge is 0.288 e. The first-order valence-electron chi connectivity index (χ1n) is 3.67. The Balaban J connectivity index is 3.18. The maximum absolute atomic E-state index is 13.1. The number of nitriles is 1. The van der Waals surface area contributed by atoms with Gasteiger partial charge < -0.3 is 0 Å². The lowest BCUT2D eigenvalue weighted by Crippen LogP contribution is -2.14. The van der Waals surface area contributed by atoms with E-state index in [-0.39, 0.29) is 5.02 Å². The Morgan fingerprint density at radius 2 is 2.07 bits per heavy atom. The van der Waals surface area contributed by atoms with Crippen molar-refractivity contribution in [1.29, 1.82) is 5.26 Å². The van der Waals surface area contributed by atoms with Gasteiger partial charge in [0, 0.05) is 5.02 Å². The Bertz CT molecular complexity index is 384. The highest BCUT2D eigenvalue weighted by Crippen LogP contribution is 2.34. The first kappa shape index (κ1) is 10.9. The van der Waals surface area contributed by atoms with Gasteiger partial charge in [-0.05, 0) is 18.2 Å². The lowest BCUT2D eigenvalue weighted by molar-refractivity contribution is -0.00258. The smallest absolute Gasteiger partial charge is 0.206 e. The maximum atomic E-state index is 13.1. The molecule has 0 radical (unpaired) electrons. The molecule has 1 rings (SSSR count). The Morgan fingerprint density at radius 3 is 2.64 bits per heavy atom. The van der Waals surface area contributed by atoms with Crippen LogP contribution in [0.15, 0.2) is 18.2 Å². The van der Waals surface area contributed by atoms with Crippen molar-refractivity contribution in [3.05, 3.63) is 34.6 Å². The monoisotopic (exact) mass is 219 g/mol. The Kier molecular flexibility index (Phi) is 3.02. The minimum Gasteiger partial charge on any atom is -0.206 e. The van der Waals surface area contributed by atoms with E-state index in [9.17, 15) is 13.2 Å². The van der Waals surface area contributed by atoms with Crippen LogP contribution in [0.3, 0.4) is 0 Å². The molecule has 0 saturated heterocycles. The van der Waals surface area contributed by atoms with Crippen LogP contribution >= 0.6 is 11.6 Å². The van der Waals surface area contributed by atoms with Crippen molar-refractivity contribution in [1.82, 2.24) is 0 Å². The van der Waals surface area contributed by atoms with Gasteiger partial charge in [0.1, 0.15) is 12.2 Å². The third kappa shape index (κ3) is 2.18. The molecule has 0 fully saturated rings. The van der Waals surface area contributed by atoms with E-state index >= 15 is 0 Å². The quantitative estimate of drug-likeness (QED) is 0.747. The van der Waals surface area contributed by atoms with Crippen molar-refractivity contribution in [2.24, 2.45) is 0 Å². The van der Waals surface area contributed by atoms with Gasteiger partial charge >= 0.3 is 0 Å². The molecule has 0 bridgehead atoms. The van der Waals surface area contributed by atoms with Crippen LogP contribution in [0.4, 0.5) is 13.2 Å². The van der Waals surface area contributed by atoms with E-state index < -0.39 is 23.7 Å². The number of halogens is 4. The first-order chi connectivity index (χ1) is 6.47. The van der Waals surface area contributed by atoms with E-state index in [2.05, 4.69) is 0 Å². The molecule has 0 N–H and O–H groups in total. The summed E-state index contributed by atoms with van der Waals surface area (Å²) < 4.78 is 39.1. The predicted octanol–water partition coefficient (Wildman–Crippen LogP) is 3.48. The number of hydrogen-bond donors (Lipinski definition) is 0. The fraction of sp³-hybridized carbons (Fsp3) is 0.222. The summed E-state index contributed by atoms with van der Waals surface area (Å²) in [5, 5.41) is 8.15. The zero-order valence-corrected chi connectivity index (χ0v) is 7.65. The standard InChI is InChI=1S/C9H5ClF3N/c10-6-1-2-8(11)7(5-6)9(12,13)3-4-14/h1-2,5H,3H2. The predicted molar refractivity (Wildman–Crippen MR) is 45.5 cm³/mol. The molecule has 1 aromatic rings. The summed E-state index contributed by atoms with van der Waals surface area (Å²) in [5.41, 5.74) is -0.841. The highest BCUT2D eigenvalue weighted by atomic mass is 35.5. The number of alkyl halides is 2. The normalized spacial score (nSPS) is 11.1. The molecule has 0 heterocycles. The fourth-order valence-corrected chi connectivity index (χ4v) is 1.14. The molecular weight excluding hydrogens is 215 g/mol. The van der Waals surface area contributed by atoms with Gasteiger partial charge in [-0.25, -0.2) is 13.2 Å². The van der Waals surface area contributed by atoms with Gasteiger partial charge in [0.15, 0.2) is 0 Å². The summed E-state index contributed by atoms with van der Waals surface area (Å²) >= 11 is 5.44. The van der Waals surface area contributed by atoms with Crippen LogP contribution in [0.25, 0.3) is 0 Å². The fourth-order valence-electron chi connectivity index (χ4n) is 0.972. The van der Waals surface area contributed by atoms with E-state index in [4.69, 9.17) is 16.9 Å². The Labute approximate surface area is 83.7 Å². The third-order valence-electron chi connectivity index (χ3n) is 1.62. The molecule has 74 valence electrons. The summed E-state index contributed by atoms with van der Waals surface area (Å²) in [4.78, 5) is 0. The lowest BCUT2D eigenvalue weighted by atomic mass is 10.1. The van der Waals surface area contributed by atoms with Crippen LogP contribution in [0, 0.1) is 17.1 Å². The SMILES string of the molecule is N#CCC(F)(F)c1cc(Cl)ccc1F. The molecule has 0 atom stereocenters. The average Bonchev–Trinajstić information content (AvgIpc) is 2.09. The van der Waals surface area contributed by atoms with Gasteiger partial charge in [-0.1, -0.05) is 11.6 Å². The van der Waals surface area contributed by atoms with Crippen LogP contribution in [0.2, 0.25) is 5.02 Å². The zero-order chi connectivity index (χ0) is 10.8. The van der Waals surface area contributed by atoms with Gasteiger partial charge in [0.05, 0.1) is 11.6 Å². The maximum Gasteiger partial charge on any atom is 0.288 e. The molecule has 0 aliphatic rings. The van der Waals surface area contributed by atoms with Crippen molar-refractivity contribution in [2.45, 2.75) is 12.3 Å². The number of rotatable bonds is 2. The molecule has 14 heavy (non-hydrogen) atoms. The van der Waals surface area contributed by atoms with Crippen LogP contribution in [0.5, 0.6) is 0 Å². The van der Waals surface area contributed by atoms with Crippen LogP contribution in [-0.2, 0) is 5.92 Å². The lowest BCUT2D eigenvalue weighted by Gasteiger charge is -2.13. The molecule has 0 aromatic heterocycles. The Hall–Kier alpha value is -1.21. The van der Waals surface area contributed by atoms with Crippen LogP contribution in [0.1, 0.15) is 12.0 Å².